The van der Waals surface area contributed by atoms with Crippen molar-refractivity contribution in [1.29, 1.82) is 0 Å². The Hall–Kier alpha value is -2.91. The number of hydrogen-bond acceptors (Lipinski definition) is 2. The molecule has 0 aliphatic heterocycles. The second-order valence-corrected chi connectivity index (χ2v) is 7.86. The summed E-state index contributed by atoms with van der Waals surface area (Å²) in [6.45, 7) is 7.85. The molecule has 0 unspecified atom stereocenters. The van der Waals surface area contributed by atoms with Crippen molar-refractivity contribution in [2.24, 2.45) is 0 Å². The Kier molecular flexibility index (Phi) is 5.96. The Morgan fingerprint density at radius 2 is 1.57 bits per heavy atom. The largest absolute Gasteiger partial charge is 0.270 e. The zero-order chi connectivity index (χ0) is 20.1. The van der Waals surface area contributed by atoms with Crippen LogP contribution in [0.1, 0.15) is 44.9 Å². The lowest BCUT2D eigenvalue weighted by Gasteiger charge is -2.34. The molecular formula is C25H27NO2. The average molecular weight is 373 g/mol. The minimum absolute atomic E-state index is 0.181. The molecule has 3 heteroatoms. The van der Waals surface area contributed by atoms with Gasteiger partial charge in [-0.15, -0.1) is 0 Å². The first-order valence-corrected chi connectivity index (χ1v) is 9.58. The molecule has 3 aromatic rings. The maximum atomic E-state index is 13.1. The number of nitrogens with zero attached hydrogens (tertiary/aromatic N) is 1. The molecule has 3 rings (SSSR count). The van der Waals surface area contributed by atoms with E-state index >= 15 is 0 Å². The highest BCUT2D eigenvalue weighted by Crippen LogP contribution is 2.30. The normalized spacial score (nSPS) is 13.0. The van der Waals surface area contributed by atoms with E-state index in [1.165, 1.54) is 5.06 Å². The van der Waals surface area contributed by atoms with Crippen LogP contribution in [0.5, 0.6) is 0 Å². The third-order valence-corrected chi connectivity index (χ3v) is 4.43. The molecule has 0 N–H and O–H groups in total. The van der Waals surface area contributed by atoms with E-state index < -0.39 is 5.60 Å². The van der Waals surface area contributed by atoms with E-state index in [0.717, 1.165) is 21.9 Å². The highest BCUT2D eigenvalue weighted by atomic mass is 16.7. The van der Waals surface area contributed by atoms with Gasteiger partial charge >= 0.3 is 0 Å². The van der Waals surface area contributed by atoms with E-state index in [9.17, 15) is 4.79 Å². The first kappa shape index (κ1) is 19.8. The first-order valence-electron chi connectivity index (χ1n) is 9.58. The number of amides is 1. The minimum Gasteiger partial charge on any atom is -0.267 e. The Bertz CT molecular complexity index is 965. The van der Waals surface area contributed by atoms with Gasteiger partial charge in [-0.3, -0.25) is 9.63 Å². The molecule has 0 saturated heterocycles. The smallest absolute Gasteiger partial charge is 0.267 e. The summed E-state index contributed by atoms with van der Waals surface area (Å²) in [4.78, 5) is 19.1. The molecule has 0 fully saturated rings. The molecule has 0 saturated carbocycles. The van der Waals surface area contributed by atoms with Crippen LogP contribution in [0, 0.1) is 0 Å². The molecule has 0 aromatic heterocycles. The maximum absolute atomic E-state index is 13.1. The van der Waals surface area contributed by atoms with Gasteiger partial charge in [0.15, 0.2) is 0 Å². The highest BCUT2D eigenvalue weighted by molar-refractivity contribution is 5.92. The molecule has 28 heavy (non-hydrogen) atoms. The molecule has 1 amide bonds. The monoisotopic (exact) mass is 373 g/mol. The lowest BCUT2D eigenvalue weighted by Crippen LogP contribution is -2.39. The fraction of sp³-hybridized carbons (Fsp3) is 0.240. The molecule has 0 bridgehead atoms. The van der Waals surface area contributed by atoms with Gasteiger partial charge in [0, 0.05) is 6.08 Å². The van der Waals surface area contributed by atoms with Crippen LogP contribution < -0.4 is 0 Å². The van der Waals surface area contributed by atoms with E-state index in [1.807, 2.05) is 82.3 Å². The number of fused-ring (bicyclic) bond motifs is 1. The lowest BCUT2D eigenvalue weighted by atomic mass is 9.99. The minimum atomic E-state index is -0.491. The molecule has 0 heterocycles. The summed E-state index contributed by atoms with van der Waals surface area (Å²) in [5, 5.41) is 3.76. The first-order chi connectivity index (χ1) is 13.3. The molecule has 0 aliphatic carbocycles. The molecule has 3 nitrogen and oxygen atoms in total. The van der Waals surface area contributed by atoms with Crippen LogP contribution in [-0.4, -0.2) is 16.6 Å². The van der Waals surface area contributed by atoms with Crippen LogP contribution in [0.2, 0.25) is 0 Å². The summed E-state index contributed by atoms with van der Waals surface area (Å²) in [5.74, 6) is -0.181. The zero-order valence-electron chi connectivity index (χ0n) is 16.9. The van der Waals surface area contributed by atoms with Crippen molar-refractivity contribution in [3.63, 3.8) is 0 Å². The second-order valence-electron chi connectivity index (χ2n) is 7.86. The summed E-state index contributed by atoms with van der Waals surface area (Å²) < 4.78 is 0. The van der Waals surface area contributed by atoms with Crippen molar-refractivity contribution in [2.45, 2.75) is 39.3 Å². The summed E-state index contributed by atoms with van der Waals surface area (Å²) in [6.07, 6.45) is 3.39. The van der Waals surface area contributed by atoms with Crippen LogP contribution in [0.15, 0.2) is 78.9 Å². The van der Waals surface area contributed by atoms with Gasteiger partial charge in [-0.25, -0.2) is 5.06 Å². The molecule has 1 atom stereocenters. The van der Waals surface area contributed by atoms with Gasteiger partial charge in [0.1, 0.15) is 0 Å². The van der Waals surface area contributed by atoms with Crippen molar-refractivity contribution in [3.8, 4) is 0 Å². The van der Waals surface area contributed by atoms with E-state index in [-0.39, 0.29) is 11.9 Å². The quantitative estimate of drug-likeness (QED) is 0.395. The third-order valence-electron chi connectivity index (χ3n) is 4.43. The maximum Gasteiger partial charge on any atom is 0.270 e. The number of rotatable bonds is 5. The SMILES string of the molecule is C[C@@H](c1cccc2ccccc12)N(OC(C)(C)C)C(=O)/C=C/c1ccccc1. The van der Waals surface area contributed by atoms with Gasteiger partial charge in [-0.2, -0.15) is 0 Å². The Morgan fingerprint density at radius 1 is 0.929 bits per heavy atom. The topological polar surface area (TPSA) is 29.5 Å². The highest BCUT2D eigenvalue weighted by Gasteiger charge is 2.27. The number of benzene rings is 3. The van der Waals surface area contributed by atoms with Crippen LogP contribution in [0.25, 0.3) is 16.8 Å². The number of hydroxylamine groups is 2. The summed E-state index contributed by atoms with van der Waals surface area (Å²) >= 11 is 0. The molecule has 3 aromatic carbocycles. The van der Waals surface area contributed by atoms with Crippen molar-refractivity contribution in [3.05, 3.63) is 90.0 Å². The average Bonchev–Trinajstić information content (AvgIpc) is 2.69. The van der Waals surface area contributed by atoms with Crippen LogP contribution in [-0.2, 0) is 9.63 Å². The van der Waals surface area contributed by atoms with Crippen LogP contribution in [0.4, 0.5) is 0 Å². The Balaban J connectivity index is 1.94. The van der Waals surface area contributed by atoms with Gasteiger partial charge in [-0.05, 0) is 55.7 Å². The molecule has 0 radical (unpaired) electrons. The fourth-order valence-electron chi connectivity index (χ4n) is 3.16. The van der Waals surface area contributed by atoms with Gasteiger partial charge in [0.05, 0.1) is 11.6 Å². The van der Waals surface area contributed by atoms with Crippen molar-refractivity contribution < 1.29 is 9.63 Å². The standard InChI is InChI=1S/C25H27NO2/c1-19(22-16-10-14-21-13-8-9-15-23(21)22)26(28-25(2,3)4)24(27)18-17-20-11-6-5-7-12-20/h5-19H,1-4H3/b18-17+/t19-/m0/s1. The molecule has 0 aliphatic rings. The zero-order valence-corrected chi connectivity index (χ0v) is 16.9. The van der Waals surface area contributed by atoms with Gasteiger partial charge in [-0.1, -0.05) is 72.8 Å². The number of carbonyl (C=O) groups is 1. The van der Waals surface area contributed by atoms with E-state index in [0.29, 0.717) is 0 Å². The molecule has 0 spiro atoms. The van der Waals surface area contributed by atoms with E-state index in [2.05, 4.69) is 24.3 Å². The number of carbonyl (C=O) groups excluding carboxylic acids is 1. The third kappa shape index (κ3) is 4.87. The summed E-state index contributed by atoms with van der Waals surface area (Å²) in [6, 6.07) is 23.9. The van der Waals surface area contributed by atoms with Gasteiger partial charge in [0.2, 0.25) is 0 Å². The summed E-state index contributed by atoms with van der Waals surface area (Å²) in [7, 11) is 0. The Morgan fingerprint density at radius 3 is 2.29 bits per heavy atom. The predicted molar refractivity (Wildman–Crippen MR) is 116 cm³/mol. The Labute approximate surface area is 167 Å². The summed E-state index contributed by atoms with van der Waals surface area (Å²) in [5.41, 5.74) is 1.54. The van der Waals surface area contributed by atoms with E-state index in [4.69, 9.17) is 4.84 Å². The second kappa shape index (κ2) is 8.41. The number of hydrogen-bond donors (Lipinski definition) is 0. The lowest BCUT2D eigenvalue weighted by molar-refractivity contribution is -0.238. The molecular weight excluding hydrogens is 346 g/mol. The van der Waals surface area contributed by atoms with Crippen molar-refractivity contribution in [1.82, 2.24) is 5.06 Å². The van der Waals surface area contributed by atoms with E-state index in [1.54, 1.807) is 6.08 Å². The van der Waals surface area contributed by atoms with Gasteiger partial charge < -0.3 is 0 Å². The fourth-order valence-corrected chi connectivity index (χ4v) is 3.16. The van der Waals surface area contributed by atoms with Crippen molar-refractivity contribution in [2.75, 3.05) is 0 Å². The van der Waals surface area contributed by atoms with Crippen LogP contribution >= 0.6 is 0 Å². The van der Waals surface area contributed by atoms with Crippen molar-refractivity contribution >= 4 is 22.8 Å². The molecule has 144 valence electrons. The van der Waals surface area contributed by atoms with Crippen LogP contribution in [0.3, 0.4) is 0 Å². The van der Waals surface area contributed by atoms with Gasteiger partial charge in [0.25, 0.3) is 5.91 Å². The predicted octanol–water partition coefficient (Wildman–Crippen LogP) is 6.17.